The van der Waals surface area contributed by atoms with Crippen molar-refractivity contribution >= 4 is 23.5 Å². The summed E-state index contributed by atoms with van der Waals surface area (Å²) < 4.78 is 4.09. The molecule has 0 unspecified atom stereocenters. The minimum absolute atomic E-state index is 0.0364. The molecule has 2 aliphatic carbocycles. The second kappa shape index (κ2) is 6.48. The van der Waals surface area contributed by atoms with E-state index < -0.39 is 0 Å². The fourth-order valence-electron chi connectivity index (χ4n) is 2.93. The van der Waals surface area contributed by atoms with Crippen molar-refractivity contribution in [1.29, 1.82) is 0 Å². The minimum atomic E-state index is -0.246. The molecule has 0 radical (unpaired) electrons. The van der Waals surface area contributed by atoms with E-state index in [1.165, 1.54) is 37.4 Å². The van der Waals surface area contributed by atoms with Gasteiger partial charge in [-0.2, -0.15) is 5.10 Å². The quantitative estimate of drug-likeness (QED) is 0.766. The maximum atomic E-state index is 12.6. The van der Waals surface area contributed by atoms with Gasteiger partial charge in [-0.3, -0.25) is 4.79 Å². The smallest absolute Gasteiger partial charge is 0.238 e. The number of nitrogens with one attached hydrogen (secondary N) is 1. The Morgan fingerprint density at radius 2 is 2.00 bits per heavy atom. The summed E-state index contributed by atoms with van der Waals surface area (Å²) in [7, 11) is 0. The molecule has 2 fully saturated rings. The first-order valence-corrected chi connectivity index (χ1v) is 9.88. The lowest BCUT2D eigenvalue weighted by atomic mass is 10.4. The largest absolute Gasteiger partial charge is 0.310 e. The lowest BCUT2D eigenvalue weighted by Gasteiger charge is -2.15. The number of hydrogen-bond acceptors (Lipinski definition) is 5. The lowest BCUT2D eigenvalue weighted by molar-refractivity contribution is -0.115. The molecule has 8 heteroatoms. The summed E-state index contributed by atoms with van der Waals surface area (Å²) in [5.41, 5.74) is 0. The van der Waals surface area contributed by atoms with Crippen molar-refractivity contribution in [3.63, 3.8) is 0 Å². The van der Waals surface area contributed by atoms with Gasteiger partial charge >= 0.3 is 0 Å². The van der Waals surface area contributed by atoms with Gasteiger partial charge in [0.05, 0.1) is 11.4 Å². The second-order valence-corrected chi connectivity index (χ2v) is 8.53. The van der Waals surface area contributed by atoms with Gasteiger partial charge in [0.25, 0.3) is 0 Å². The van der Waals surface area contributed by atoms with E-state index in [1.54, 1.807) is 6.20 Å². The van der Waals surface area contributed by atoms with Crippen molar-refractivity contribution < 1.29 is 4.79 Å². The highest BCUT2D eigenvalue weighted by atomic mass is 32.2. The van der Waals surface area contributed by atoms with Crippen LogP contribution in [-0.4, -0.2) is 35.7 Å². The Morgan fingerprint density at radius 1 is 1.24 bits per heavy atom. The Hall–Kier alpha value is -1.83. The monoisotopic (exact) mass is 360 g/mol. The first-order valence-electron chi connectivity index (χ1n) is 9.00. The van der Waals surface area contributed by atoms with Crippen molar-refractivity contribution in [2.75, 3.05) is 5.32 Å². The van der Waals surface area contributed by atoms with Crippen LogP contribution in [0.3, 0.4) is 0 Å². The maximum Gasteiger partial charge on any atom is 0.238 e. The van der Waals surface area contributed by atoms with Gasteiger partial charge in [-0.25, -0.2) is 4.68 Å². The van der Waals surface area contributed by atoms with Gasteiger partial charge in [-0.15, -0.1) is 10.2 Å². The predicted molar refractivity (Wildman–Crippen MR) is 96.8 cm³/mol. The highest BCUT2D eigenvalue weighted by molar-refractivity contribution is 8.00. The number of thioether (sulfide) groups is 1. The number of aromatic nitrogens is 5. The Labute approximate surface area is 151 Å². The fourth-order valence-corrected chi connectivity index (χ4v) is 3.86. The van der Waals surface area contributed by atoms with Gasteiger partial charge < -0.3 is 9.88 Å². The molecule has 134 valence electrons. The molecule has 2 aromatic rings. The first kappa shape index (κ1) is 16.6. The second-order valence-electron chi connectivity index (χ2n) is 7.22. The van der Waals surface area contributed by atoms with E-state index in [0.717, 1.165) is 16.8 Å². The number of carbonyl (C=O) groups excluding carboxylic acids is 1. The van der Waals surface area contributed by atoms with E-state index in [4.69, 9.17) is 0 Å². The zero-order valence-electron chi connectivity index (χ0n) is 14.8. The summed E-state index contributed by atoms with van der Waals surface area (Å²) in [4.78, 5) is 12.6. The van der Waals surface area contributed by atoms with Gasteiger partial charge in [0.1, 0.15) is 11.6 Å². The highest BCUT2D eigenvalue weighted by Gasteiger charge is 2.37. The minimum Gasteiger partial charge on any atom is -0.310 e. The number of rotatable bonds is 7. The van der Waals surface area contributed by atoms with Crippen LogP contribution < -0.4 is 5.32 Å². The molecule has 0 aliphatic heterocycles. The summed E-state index contributed by atoms with van der Waals surface area (Å²) in [6, 6.07) is 2.56. The zero-order chi connectivity index (χ0) is 17.6. The molecule has 1 atom stereocenters. The van der Waals surface area contributed by atoms with Crippen LogP contribution in [-0.2, 0) is 4.79 Å². The number of anilines is 1. The average Bonchev–Trinajstić information content (AvgIpc) is 3.50. The van der Waals surface area contributed by atoms with Crippen molar-refractivity contribution in [3.05, 3.63) is 18.1 Å². The summed E-state index contributed by atoms with van der Waals surface area (Å²) in [6.07, 6.45) is 6.52. The van der Waals surface area contributed by atoms with Crippen LogP contribution in [0, 0.1) is 0 Å². The Morgan fingerprint density at radius 3 is 2.64 bits per heavy atom. The molecule has 2 heterocycles. The SMILES string of the molecule is CC(C)n1nccc1NC(=O)[C@H](C)Sc1nnc(C2CC2)n1C1CC1. The van der Waals surface area contributed by atoms with E-state index in [1.807, 2.05) is 31.5 Å². The number of amides is 1. The van der Waals surface area contributed by atoms with E-state index >= 15 is 0 Å². The van der Waals surface area contributed by atoms with Crippen LogP contribution in [0.2, 0.25) is 0 Å². The molecule has 2 aromatic heterocycles. The lowest BCUT2D eigenvalue weighted by Crippen LogP contribution is -2.25. The summed E-state index contributed by atoms with van der Waals surface area (Å²) in [5.74, 6) is 2.39. The van der Waals surface area contributed by atoms with Crippen LogP contribution >= 0.6 is 11.8 Å². The third-order valence-electron chi connectivity index (χ3n) is 4.61. The molecule has 0 saturated heterocycles. The topological polar surface area (TPSA) is 77.6 Å². The Balaban J connectivity index is 1.46. The van der Waals surface area contributed by atoms with Crippen molar-refractivity contribution in [3.8, 4) is 0 Å². The predicted octanol–water partition coefficient (Wildman–Crippen LogP) is 3.39. The van der Waals surface area contributed by atoms with Crippen molar-refractivity contribution in [1.82, 2.24) is 24.5 Å². The summed E-state index contributed by atoms with van der Waals surface area (Å²) >= 11 is 1.50. The summed E-state index contributed by atoms with van der Waals surface area (Å²) in [6.45, 7) is 6.00. The molecule has 0 spiro atoms. The van der Waals surface area contributed by atoms with Gasteiger partial charge in [-0.05, 0) is 46.5 Å². The fraction of sp³-hybridized carbons (Fsp3) is 0.647. The molecule has 2 aliphatic rings. The molecule has 7 nitrogen and oxygen atoms in total. The molecule has 2 saturated carbocycles. The molecule has 1 amide bonds. The average molecular weight is 360 g/mol. The van der Waals surface area contributed by atoms with Gasteiger partial charge in [0, 0.05) is 24.1 Å². The number of carbonyl (C=O) groups is 1. The Bertz CT molecular complexity index is 774. The third-order valence-corrected chi connectivity index (χ3v) is 5.66. The molecule has 4 rings (SSSR count). The first-order chi connectivity index (χ1) is 12.0. The van der Waals surface area contributed by atoms with Crippen LogP contribution in [0.1, 0.15) is 70.3 Å². The third kappa shape index (κ3) is 3.44. The van der Waals surface area contributed by atoms with E-state index in [0.29, 0.717) is 12.0 Å². The molecule has 1 N–H and O–H groups in total. The van der Waals surface area contributed by atoms with E-state index in [2.05, 4.69) is 25.2 Å². The van der Waals surface area contributed by atoms with Crippen LogP contribution in [0.4, 0.5) is 5.82 Å². The van der Waals surface area contributed by atoms with E-state index in [-0.39, 0.29) is 17.2 Å². The van der Waals surface area contributed by atoms with Crippen LogP contribution in [0.5, 0.6) is 0 Å². The molecule has 25 heavy (non-hydrogen) atoms. The van der Waals surface area contributed by atoms with Gasteiger partial charge in [-0.1, -0.05) is 11.8 Å². The van der Waals surface area contributed by atoms with Crippen LogP contribution in [0.15, 0.2) is 17.4 Å². The van der Waals surface area contributed by atoms with Gasteiger partial charge in [0.2, 0.25) is 5.91 Å². The van der Waals surface area contributed by atoms with Crippen LogP contribution in [0.25, 0.3) is 0 Å². The normalized spacial score (nSPS) is 18.6. The number of hydrogen-bond donors (Lipinski definition) is 1. The summed E-state index contributed by atoms with van der Waals surface area (Å²) in [5, 5.41) is 16.7. The number of nitrogens with zero attached hydrogens (tertiary/aromatic N) is 5. The molecule has 0 bridgehead atoms. The Kier molecular flexibility index (Phi) is 4.31. The standard InChI is InChI=1S/C17H24N6OS/c1-10(2)23-14(8-9-18-23)19-16(24)11(3)25-17-21-20-15(12-4-5-12)22(17)13-6-7-13/h8-13H,4-7H2,1-3H3,(H,19,24)/t11-/m0/s1. The molecule has 0 aromatic carbocycles. The van der Waals surface area contributed by atoms with Crippen molar-refractivity contribution in [2.24, 2.45) is 0 Å². The van der Waals surface area contributed by atoms with Gasteiger partial charge in [0.15, 0.2) is 5.16 Å². The zero-order valence-corrected chi connectivity index (χ0v) is 15.7. The van der Waals surface area contributed by atoms with E-state index in [9.17, 15) is 4.79 Å². The maximum absolute atomic E-state index is 12.6. The highest BCUT2D eigenvalue weighted by Crippen LogP contribution is 2.46. The molecular weight excluding hydrogens is 336 g/mol. The van der Waals surface area contributed by atoms with Crippen molar-refractivity contribution in [2.45, 2.75) is 74.9 Å². The molecular formula is C17H24N6OS.